The third kappa shape index (κ3) is 3.51. The highest BCUT2D eigenvalue weighted by molar-refractivity contribution is 7.98. The number of halogens is 1. The molecule has 4 rings (SSSR count). The molecule has 0 aliphatic carbocycles. The first kappa shape index (κ1) is 17.2. The molecule has 0 amide bonds. The maximum absolute atomic E-state index is 13.6. The van der Waals surface area contributed by atoms with Crippen LogP contribution in [-0.4, -0.2) is 55.5 Å². The Labute approximate surface area is 153 Å². The average molecular weight is 364 g/mol. The summed E-state index contributed by atoms with van der Waals surface area (Å²) in [7, 11) is 1.86. The fourth-order valence-electron chi connectivity index (χ4n) is 4.50. The molecule has 1 aromatic rings. The van der Waals surface area contributed by atoms with Gasteiger partial charge in [-0.05, 0) is 24.5 Å². The van der Waals surface area contributed by atoms with Gasteiger partial charge in [0.1, 0.15) is 5.82 Å². The summed E-state index contributed by atoms with van der Waals surface area (Å²) in [5.41, 5.74) is 0.778. The minimum atomic E-state index is -0.112. The number of aliphatic imine (C=N–C) groups is 1. The molecule has 1 N–H and O–H groups in total. The van der Waals surface area contributed by atoms with Crippen LogP contribution in [0.1, 0.15) is 18.4 Å². The molecule has 4 atom stereocenters. The van der Waals surface area contributed by atoms with Gasteiger partial charge in [-0.2, -0.15) is 11.8 Å². The lowest BCUT2D eigenvalue weighted by Gasteiger charge is -2.23. The van der Waals surface area contributed by atoms with Gasteiger partial charge in [0.15, 0.2) is 5.96 Å². The van der Waals surface area contributed by atoms with E-state index in [0.717, 1.165) is 36.9 Å². The summed E-state index contributed by atoms with van der Waals surface area (Å²) in [4.78, 5) is 6.85. The van der Waals surface area contributed by atoms with Crippen LogP contribution >= 0.6 is 11.8 Å². The molecule has 2 bridgehead atoms. The Bertz CT molecular complexity index is 623. The zero-order chi connectivity index (χ0) is 17.2. The SMILES string of the molecule is CN=C(NCCSCc1ccccc1F)N1CC2C3CCC(O3)C2C1. The highest BCUT2D eigenvalue weighted by Crippen LogP contribution is 2.47. The fourth-order valence-corrected chi connectivity index (χ4v) is 5.34. The molecular weight excluding hydrogens is 337 g/mol. The summed E-state index contributed by atoms with van der Waals surface area (Å²) in [6, 6.07) is 7.00. The van der Waals surface area contributed by atoms with Crippen molar-refractivity contribution in [3.63, 3.8) is 0 Å². The largest absolute Gasteiger partial charge is 0.374 e. The van der Waals surface area contributed by atoms with Crippen molar-refractivity contribution in [1.82, 2.24) is 10.2 Å². The van der Waals surface area contributed by atoms with Crippen molar-refractivity contribution in [2.24, 2.45) is 16.8 Å². The van der Waals surface area contributed by atoms with E-state index in [1.165, 1.54) is 18.9 Å². The minimum absolute atomic E-state index is 0.112. The molecule has 4 unspecified atom stereocenters. The zero-order valence-electron chi connectivity index (χ0n) is 14.7. The highest BCUT2D eigenvalue weighted by atomic mass is 32.2. The molecule has 0 aromatic heterocycles. The lowest BCUT2D eigenvalue weighted by Crippen LogP contribution is -2.42. The second-order valence-corrected chi connectivity index (χ2v) is 8.25. The number of guanidine groups is 1. The Morgan fingerprint density at radius 1 is 1.28 bits per heavy atom. The summed E-state index contributed by atoms with van der Waals surface area (Å²) in [6.45, 7) is 2.97. The molecule has 4 nitrogen and oxygen atoms in total. The minimum Gasteiger partial charge on any atom is -0.374 e. The molecule has 1 aromatic carbocycles. The second kappa shape index (κ2) is 7.54. The van der Waals surface area contributed by atoms with Gasteiger partial charge in [-0.15, -0.1) is 0 Å². The number of thioether (sulfide) groups is 1. The van der Waals surface area contributed by atoms with E-state index in [1.54, 1.807) is 17.8 Å². The Kier molecular flexibility index (Phi) is 5.17. The Morgan fingerprint density at radius 3 is 2.68 bits per heavy atom. The van der Waals surface area contributed by atoms with Crippen LogP contribution in [0, 0.1) is 17.7 Å². The zero-order valence-corrected chi connectivity index (χ0v) is 15.5. The molecule has 0 saturated carbocycles. The van der Waals surface area contributed by atoms with Gasteiger partial charge in [0.05, 0.1) is 12.2 Å². The Morgan fingerprint density at radius 2 is 2.00 bits per heavy atom. The van der Waals surface area contributed by atoms with Crippen LogP contribution in [0.5, 0.6) is 0 Å². The van der Waals surface area contributed by atoms with Crippen molar-refractivity contribution in [3.8, 4) is 0 Å². The molecule has 3 aliphatic heterocycles. The molecule has 0 radical (unpaired) electrons. The summed E-state index contributed by atoms with van der Waals surface area (Å²) >= 11 is 1.75. The number of hydrogen-bond donors (Lipinski definition) is 1. The van der Waals surface area contributed by atoms with Gasteiger partial charge in [0, 0.05) is 50.0 Å². The van der Waals surface area contributed by atoms with Gasteiger partial charge >= 0.3 is 0 Å². The number of ether oxygens (including phenoxy) is 1. The maximum Gasteiger partial charge on any atom is 0.193 e. The summed E-state index contributed by atoms with van der Waals surface area (Å²) in [5.74, 6) is 3.91. The number of nitrogens with one attached hydrogen (secondary N) is 1. The second-order valence-electron chi connectivity index (χ2n) is 7.14. The van der Waals surface area contributed by atoms with Crippen LogP contribution in [0.4, 0.5) is 4.39 Å². The van der Waals surface area contributed by atoms with Gasteiger partial charge in [-0.1, -0.05) is 18.2 Å². The van der Waals surface area contributed by atoms with Crippen LogP contribution in [-0.2, 0) is 10.5 Å². The van der Waals surface area contributed by atoms with Crippen LogP contribution in [0.25, 0.3) is 0 Å². The summed E-state index contributed by atoms with van der Waals surface area (Å²) < 4.78 is 19.6. The normalized spacial score (nSPS) is 30.8. The Hall–Kier alpha value is -1.27. The first-order valence-corrected chi connectivity index (χ1v) is 10.3. The van der Waals surface area contributed by atoms with Crippen molar-refractivity contribution in [3.05, 3.63) is 35.6 Å². The maximum atomic E-state index is 13.6. The number of nitrogens with zero attached hydrogens (tertiary/aromatic N) is 2. The molecule has 3 fully saturated rings. The van der Waals surface area contributed by atoms with Crippen molar-refractivity contribution < 1.29 is 9.13 Å². The molecule has 0 spiro atoms. The first-order valence-electron chi connectivity index (χ1n) is 9.18. The highest BCUT2D eigenvalue weighted by Gasteiger charge is 2.53. The molecule has 3 saturated heterocycles. The van der Waals surface area contributed by atoms with Crippen molar-refractivity contribution in [2.45, 2.75) is 30.8 Å². The number of fused-ring (bicyclic) bond motifs is 5. The van der Waals surface area contributed by atoms with Gasteiger partial charge < -0.3 is 15.0 Å². The number of rotatable bonds is 5. The van der Waals surface area contributed by atoms with E-state index in [4.69, 9.17) is 4.74 Å². The van der Waals surface area contributed by atoms with E-state index in [0.29, 0.717) is 29.8 Å². The number of benzene rings is 1. The van der Waals surface area contributed by atoms with Gasteiger partial charge in [0.25, 0.3) is 0 Å². The molecule has 136 valence electrons. The smallest absolute Gasteiger partial charge is 0.193 e. The third-order valence-corrected chi connectivity index (χ3v) is 6.72. The summed E-state index contributed by atoms with van der Waals surface area (Å²) in [6.07, 6.45) is 3.43. The van der Waals surface area contributed by atoms with Gasteiger partial charge in [0.2, 0.25) is 0 Å². The van der Waals surface area contributed by atoms with Crippen molar-refractivity contribution in [2.75, 3.05) is 32.4 Å². The molecule has 3 heterocycles. The van der Waals surface area contributed by atoms with Crippen molar-refractivity contribution >= 4 is 17.7 Å². The molecular formula is C19H26FN3OS. The van der Waals surface area contributed by atoms with Gasteiger partial charge in [-0.3, -0.25) is 4.99 Å². The molecule has 25 heavy (non-hydrogen) atoms. The van der Waals surface area contributed by atoms with Crippen LogP contribution < -0.4 is 5.32 Å². The van der Waals surface area contributed by atoms with E-state index < -0.39 is 0 Å². The van der Waals surface area contributed by atoms with Crippen LogP contribution in [0.3, 0.4) is 0 Å². The predicted molar refractivity (Wildman–Crippen MR) is 100 cm³/mol. The summed E-state index contributed by atoms with van der Waals surface area (Å²) in [5, 5.41) is 3.47. The van der Waals surface area contributed by atoms with Crippen LogP contribution in [0.2, 0.25) is 0 Å². The van der Waals surface area contributed by atoms with E-state index in [2.05, 4.69) is 15.2 Å². The Balaban J connectivity index is 1.21. The van der Waals surface area contributed by atoms with E-state index in [9.17, 15) is 4.39 Å². The van der Waals surface area contributed by atoms with Crippen molar-refractivity contribution in [1.29, 1.82) is 0 Å². The molecule has 6 heteroatoms. The van der Waals surface area contributed by atoms with Gasteiger partial charge in [-0.25, -0.2) is 4.39 Å². The number of likely N-dealkylation sites (tertiary alicyclic amines) is 1. The monoisotopic (exact) mass is 363 g/mol. The predicted octanol–water partition coefficient (Wildman–Crippen LogP) is 2.74. The van der Waals surface area contributed by atoms with E-state index in [1.807, 2.05) is 19.2 Å². The first-order chi connectivity index (χ1) is 12.3. The average Bonchev–Trinajstić information content (AvgIpc) is 3.32. The number of hydrogen-bond acceptors (Lipinski definition) is 3. The quantitative estimate of drug-likeness (QED) is 0.496. The van der Waals surface area contributed by atoms with E-state index >= 15 is 0 Å². The lowest BCUT2D eigenvalue weighted by atomic mass is 9.82. The van der Waals surface area contributed by atoms with Crippen LogP contribution in [0.15, 0.2) is 29.3 Å². The third-order valence-electron chi connectivity index (χ3n) is 5.71. The standard InChI is InChI=1S/C19H26FN3OS/c1-21-19(22-8-9-25-12-13-4-2-3-5-16(13)20)23-10-14-15(11-23)18-7-6-17(14)24-18/h2-5,14-15,17-18H,6-12H2,1H3,(H,21,22). The van der Waals surface area contributed by atoms with E-state index in [-0.39, 0.29) is 5.82 Å². The fraction of sp³-hybridized carbons (Fsp3) is 0.632. The molecule has 3 aliphatic rings. The lowest BCUT2D eigenvalue weighted by molar-refractivity contribution is 0.0767. The topological polar surface area (TPSA) is 36.9 Å².